The minimum Gasteiger partial charge on any atom is -0.315 e. The van der Waals surface area contributed by atoms with Crippen LogP contribution in [0.25, 0.3) is 11.3 Å². The number of piperazine rings is 1. The van der Waals surface area contributed by atoms with Crippen LogP contribution in [0, 0.1) is 0 Å². The van der Waals surface area contributed by atoms with Gasteiger partial charge in [0.25, 0.3) is 0 Å². The van der Waals surface area contributed by atoms with Crippen LogP contribution in [0.15, 0.2) is 18.3 Å². The van der Waals surface area contributed by atoms with Crippen LogP contribution in [-0.4, -0.2) is 54.2 Å². The van der Waals surface area contributed by atoms with E-state index in [0.29, 0.717) is 12.8 Å². The summed E-state index contributed by atoms with van der Waals surface area (Å²) in [4.78, 5) is 16.0. The third-order valence-corrected chi connectivity index (χ3v) is 5.57. The van der Waals surface area contributed by atoms with Crippen molar-refractivity contribution in [3.05, 3.63) is 34.5 Å². The van der Waals surface area contributed by atoms with Crippen molar-refractivity contribution in [2.75, 3.05) is 38.1 Å². The molecule has 0 unspecified atom stereocenters. The standard InChI is InChI=1S/C18H22ClN5O/c1-23-15-4-2-14(17(19)13(15)3-5-16(23)25)18-12(10-21-22-18)11-24-8-6-20-7-9-24/h2,4,10,20H,3,5-9,11H2,1H3,(H,21,22). The van der Waals surface area contributed by atoms with Gasteiger partial charge in [-0.15, -0.1) is 0 Å². The molecule has 1 fully saturated rings. The molecule has 6 nitrogen and oxygen atoms in total. The predicted molar refractivity (Wildman–Crippen MR) is 98.9 cm³/mol. The Bertz CT molecular complexity index is 797. The monoisotopic (exact) mass is 359 g/mol. The van der Waals surface area contributed by atoms with Crippen LogP contribution in [0.2, 0.25) is 5.02 Å². The number of aromatic nitrogens is 2. The Hall–Kier alpha value is -1.89. The Balaban J connectivity index is 1.67. The minimum absolute atomic E-state index is 0.136. The van der Waals surface area contributed by atoms with Gasteiger partial charge in [0, 0.05) is 63.0 Å². The molecule has 3 heterocycles. The number of benzene rings is 1. The zero-order valence-electron chi connectivity index (χ0n) is 14.3. The average Bonchev–Trinajstić information content (AvgIpc) is 3.07. The first-order chi connectivity index (χ1) is 12.1. The highest BCUT2D eigenvalue weighted by molar-refractivity contribution is 6.34. The summed E-state index contributed by atoms with van der Waals surface area (Å²) >= 11 is 6.74. The van der Waals surface area contributed by atoms with Crippen LogP contribution in [-0.2, 0) is 17.8 Å². The fourth-order valence-corrected chi connectivity index (χ4v) is 4.01. The number of hydrogen-bond donors (Lipinski definition) is 2. The van der Waals surface area contributed by atoms with E-state index in [4.69, 9.17) is 11.6 Å². The minimum atomic E-state index is 0.136. The number of nitrogens with zero attached hydrogens (tertiary/aromatic N) is 3. The van der Waals surface area contributed by atoms with E-state index in [1.807, 2.05) is 25.4 Å². The zero-order chi connectivity index (χ0) is 17.4. The molecule has 2 N–H and O–H groups in total. The third-order valence-electron chi connectivity index (χ3n) is 5.13. The van der Waals surface area contributed by atoms with Crippen LogP contribution < -0.4 is 10.2 Å². The smallest absolute Gasteiger partial charge is 0.227 e. The molecular formula is C18H22ClN5O. The molecule has 7 heteroatoms. The number of carbonyl (C=O) groups excluding carboxylic acids is 1. The summed E-state index contributed by atoms with van der Waals surface area (Å²) in [6, 6.07) is 3.98. The van der Waals surface area contributed by atoms with E-state index < -0.39 is 0 Å². The Morgan fingerprint density at radius 2 is 2.04 bits per heavy atom. The molecule has 2 aliphatic rings. The number of rotatable bonds is 3. The summed E-state index contributed by atoms with van der Waals surface area (Å²) in [5.41, 5.74) is 5.05. The molecule has 1 aromatic heterocycles. The molecule has 0 saturated carbocycles. The SMILES string of the molecule is CN1C(=O)CCc2c1ccc(-c1[nH]ncc1CN1CCNCC1)c2Cl. The van der Waals surface area contributed by atoms with E-state index in [2.05, 4.69) is 20.4 Å². The van der Waals surface area contributed by atoms with Crippen molar-refractivity contribution in [2.24, 2.45) is 0 Å². The van der Waals surface area contributed by atoms with E-state index >= 15 is 0 Å². The average molecular weight is 360 g/mol. The first-order valence-corrected chi connectivity index (χ1v) is 9.06. The number of hydrogen-bond acceptors (Lipinski definition) is 4. The molecule has 4 rings (SSSR count). The summed E-state index contributed by atoms with van der Waals surface area (Å²) in [7, 11) is 1.81. The molecule has 1 aromatic carbocycles. The highest BCUT2D eigenvalue weighted by Crippen LogP contribution is 2.39. The predicted octanol–water partition coefficient (Wildman–Crippen LogP) is 2.04. The summed E-state index contributed by atoms with van der Waals surface area (Å²) in [5, 5.41) is 11.5. The fourth-order valence-electron chi connectivity index (χ4n) is 3.66. The number of H-pyrrole nitrogens is 1. The maximum absolute atomic E-state index is 11.9. The van der Waals surface area contributed by atoms with Crippen molar-refractivity contribution >= 4 is 23.2 Å². The van der Waals surface area contributed by atoms with Gasteiger partial charge in [0.2, 0.25) is 5.91 Å². The maximum atomic E-state index is 11.9. The number of nitrogens with one attached hydrogen (secondary N) is 2. The zero-order valence-corrected chi connectivity index (χ0v) is 15.1. The highest BCUT2D eigenvalue weighted by atomic mass is 35.5. The molecule has 0 radical (unpaired) electrons. The van der Waals surface area contributed by atoms with Gasteiger partial charge in [-0.25, -0.2) is 0 Å². The first-order valence-electron chi connectivity index (χ1n) is 8.69. The second kappa shape index (κ2) is 6.78. The molecule has 1 saturated heterocycles. The molecule has 132 valence electrons. The Morgan fingerprint density at radius 1 is 1.24 bits per heavy atom. The lowest BCUT2D eigenvalue weighted by Crippen LogP contribution is -2.42. The molecule has 0 spiro atoms. The van der Waals surface area contributed by atoms with Crippen LogP contribution in [0.3, 0.4) is 0 Å². The number of carbonyl (C=O) groups is 1. The second-order valence-corrected chi connectivity index (χ2v) is 7.05. The van der Waals surface area contributed by atoms with Crippen molar-refractivity contribution in [3.8, 4) is 11.3 Å². The number of fused-ring (bicyclic) bond motifs is 1. The fraction of sp³-hybridized carbons (Fsp3) is 0.444. The number of halogens is 1. The third kappa shape index (κ3) is 3.05. The Labute approximate surface area is 152 Å². The second-order valence-electron chi connectivity index (χ2n) is 6.67. The Morgan fingerprint density at radius 3 is 2.84 bits per heavy atom. The van der Waals surface area contributed by atoms with E-state index in [1.54, 1.807) is 4.90 Å². The van der Waals surface area contributed by atoms with Crippen LogP contribution in [0.1, 0.15) is 17.5 Å². The van der Waals surface area contributed by atoms with Gasteiger partial charge in [-0.1, -0.05) is 11.6 Å². The van der Waals surface area contributed by atoms with Crippen LogP contribution >= 0.6 is 11.6 Å². The van der Waals surface area contributed by atoms with Crippen molar-refractivity contribution < 1.29 is 4.79 Å². The van der Waals surface area contributed by atoms with Crippen LogP contribution in [0.4, 0.5) is 5.69 Å². The molecule has 0 atom stereocenters. The molecule has 2 aromatic rings. The van der Waals surface area contributed by atoms with Crippen molar-refractivity contribution in [1.82, 2.24) is 20.4 Å². The van der Waals surface area contributed by atoms with Gasteiger partial charge in [0.15, 0.2) is 0 Å². The van der Waals surface area contributed by atoms with Crippen molar-refractivity contribution in [1.29, 1.82) is 0 Å². The first kappa shape index (κ1) is 16.6. The molecular weight excluding hydrogens is 338 g/mol. The maximum Gasteiger partial charge on any atom is 0.227 e. The van der Waals surface area contributed by atoms with Gasteiger partial charge in [-0.05, 0) is 24.1 Å². The molecule has 0 bridgehead atoms. The van der Waals surface area contributed by atoms with Gasteiger partial charge >= 0.3 is 0 Å². The lowest BCUT2D eigenvalue weighted by atomic mass is 9.96. The van der Waals surface area contributed by atoms with Crippen molar-refractivity contribution in [2.45, 2.75) is 19.4 Å². The molecule has 2 aliphatic heterocycles. The number of aromatic amines is 1. The molecule has 25 heavy (non-hydrogen) atoms. The van der Waals surface area contributed by atoms with E-state index in [1.165, 1.54) is 0 Å². The van der Waals surface area contributed by atoms with Gasteiger partial charge in [-0.3, -0.25) is 14.8 Å². The molecule has 0 aliphatic carbocycles. The van der Waals surface area contributed by atoms with Crippen molar-refractivity contribution in [3.63, 3.8) is 0 Å². The van der Waals surface area contributed by atoms with E-state index in [-0.39, 0.29) is 5.91 Å². The van der Waals surface area contributed by atoms with E-state index in [9.17, 15) is 4.79 Å². The normalized spacial score (nSPS) is 18.5. The van der Waals surface area contributed by atoms with Crippen LogP contribution in [0.5, 0.6) is 0 Å². The van der Waals surface area contributed by atoms with Gasteiger partial charge < -0.3 is 10.2 Å². The van der Waals surface area contributed by atoms with E-state index in [0.717, 1.165) is 65.8 Å². The largest absolute Gasteiger partial charge is 0.315 e. The summed E-state index contributed by atoms with van der Waals surface area (Å²) in [5.74, 6) is 0.136. The lowest BCUT2D eigenvalue weighted by Gasteiger charge is -2.28. The lowest BCUT2D eigenvalue weighted by molar-refractivity contribution is -0.118. The molecule has 1 amide bonds. The quantitative estimate of drug-likeness (QED) is 0.880. The summed E-state index contributed by atoms with van der Waals surface area (Å²) in [6.45, 7) is 4.98. The van der Waals surface area contributed by atoms with Gasteiger partial charge in [0.05, 0.1) is 16.9 Å². The summed E-state index contributed by atoms with van der Waals surface area (Å²) < 4.78 is 0. The Kier molecular flexibility index (Phi) is 4.50. The topological polar surface area (TPSA) is 64.3 Å². The number of amides is 1. The summed E-state index contributed by atoms with van der Waals surface area (Å²) in [6.07, 6.45) is 3.08. The van der Waals surface area contributed by atoms with Gasteiger partial charge in [0.1, 0.15) is 0 Å². The highest BCUT2D eigenvalue weighted by Gasteiger charge is 2.25. The van der Waals surface area contributed by atoms with Gasteiger partial charge in [-0.2, -0.15) is 5.10 Å². The number of anilines is 1.